The van der Waals surface area contributed by atoms with E-state index in [-0.39, 0.29) is 5.92 Å². The van der Waals surface area contributed by atoms with Gasteiger partial charge in [-0.1, -0.05) is 61.9 Å². The van der Waals surface area contributed by atoms with Gasteiger partial charge in [0.05, 0.1) is 6.10 Å². The summed E-state index contributed by atoms with van der Waals surface area (Å²) in [6.45, 7) is 2.19. The molecule has 1 aromatic heterocycles. The average Bonchev–Trinajstić information content (AvgIpc) is 3.01. The summed E-state index contributed by atoms with van der Waals surface area (Å²) in [4.78, 5) is 7.44. The maximum Gasteiger partial charge on any atom is 0.112 e. The Morgan fingerprint density at radius 2 is 2.05 bits per heavy atom. The summed E-state index contributed by atoms with van der Waals surface area (Å²) < 4.78 is 0. The molecule has 1 heterocycles. The summed E-state index contributed by atoms with van der Waals surface area (Å²) in [5.74, 6) is 0.709. The number of aromatic nitrogens is 2. The number of hydrogen-bond donors (Lipinski definition) is 2. The molecule has 2 aromatic rings. The Hall–Kier alpha value is -1.03. The predicted octanol–water partition coefficient (Wildman–Crippen LogP) is 5.50. The summed E-state index contributed by atoms with van der Waals surface area (Å²) >= 11 is 12.2. The van der Waals surface area contributed by atoms with Crippen molar-refractivity contribution in [1.82, 2.24) is 9.97 Å². The number of H-pyrrole nitrogens is 1. The van der Waals surface area contributed by atoms with E-state index in [0.29, 0.717) is 15.6 Å². The lowest BCUT2D eigenvalue weighted by molar-refractivity contribution is 0.135. The van der Waals surface area contributed by atoms with Crippen LogP contribution in [-0.2, 0) is 0 Å². The van der Waals surface area contributed by atoms with E-state index >= 15 is 0 Å². The highest BCUT2D eigenvalue weighted by Crippen LogP contribution is 2.37. The monoisotopic (exact) mass is 340 g/mol. The van der Waals surface area contributed by atoms with Crippen LogP contribution in [-0.4, -0.2) is 15.1 Å². The minimum Gasteiger partial charge on any atom is -0.388 e. The molecule has 2 rings (SSSR count). The number of aliphatic hydroxyl groups is 1. The Bertz CT molecular complexity index is 572. The molecule has 2 atom stereocenters. The number of aliphatic hydroxyl groups excluding tert-OH is 1. The number of unbranched alkanes of at least 4 members (excludes halogenated alkanes) is 3. The Morgan fingerprint density at radius 1 is 1.23 bits per heavy atom. The molecule has 120 valence electrons. The Morgan fingerprint density at radius 3 is 2.68 bits per heavy atom. The lowest BCUT2D eigenvalue weighted by atomic mass is 9.90. The van der Waals surface area contributed by atoms with Crippen molar-refractivity contribution < 1.29 is 5.11 Å². The second-order valence-corrected chi connectivity index (χ2v) is 6.38. The topological polar surface area (TPSA) is 48.9 Å². The van der Waals surface area contributed by atoms with E-state index in [0.717, 1.165) is 25.1 Å². The van der Waals surface area contributed by atoms with Crippen LogP contribution in [0.1, 0.15) is 62.4 Å². The third-order valence-electron chi connectivity index (χ3n) is 3.90. The van der Waals surface area contributed by atoms with E-state index in [2.05, 4.69) is 16.9 Å². The summed E-state index contributed by atoms with van der Waals surface area (Å²) in [6, 6.07) is 5.21. The maximum atomic E-state index is 10.8. The van der Waals surface area contributed by atoms with E-state index in [4.69, 9.17) is 23.2 Å². The van der Waals surface area contributed by atoms with Crippen LogP contribution in [0.4, 0.5) is 0 Å². The van der Waals surface area contributed by atoms with Crippen LogP contribution in [0.15, 0.2) is 30.6 Å². The fraction of sp³-hybridized carbons (Fsp3) is 0.471. The van der Waals surface area contributed by atoms with Gasteiger partial charge in [-0.15, -0.1) is 0 Å². The van der Waals surface area contributed by atoms with E-state index in [1.807, 2.05) is 0 Å². The van der Waals surface area contributed by atoms with Crippen LogP contribution < -0.4 is 0 Å². The highest BCUT2D eigenvalue weighted by atomic mass is 35.5. The fourth-order valence-electron chi connectivity index (χ4n) is 2.67. The van der Waals surface area contributed by atoms with Gasteiger partial charge in [0.2, 0.25) is 0 Å². The molecule has 2 N–H and O–H groups in total. The van der Waals surface area contributed by atoms with Crippen LogP contribution in [0.3, 0.4) is 0 Å². The molecular formula is C17H22Cl2N2O. The molecule has 0 aliphatic rings. The van der Waals surface area contributed by atoms with Gasteiger partial charge in [-0.3, -0.25) is 0 Å². The van der Waals surface area contributed by atoms with E-state index in [1.54, 1.807) is 30.6 Å². The SMILES string of the molecule is CCCCCCC(c1ncc[nH]1)C(O)c1ccc(Cl)cc1Cl. The van der Waals surface area contributed by atoms with E-state index in [1.165, 1.54) is 12.8 Å². The Balaban J connectivity index is 2.16. The van der Waals surface area contributed by atoms with Crippen molar-refractivity contribution in [3.63, 3.8) is 0 Å². The zero-order chi connectivity index (χ0) is 15.9. The number of halogens is 2. The number of nitrogens with zero attached hydrogens (tertiary/aromatic N) is 1. The quantitative estimate of drug-likeness (QED) is 0.623. The first-order valence-electron chi connectivity index (χ1n) is 7.75. The van der Waals surface area contributed by atoms with Gasteiger partial charge in [0.15, 0.2) is 0 Å². The van der Waals surface area contributed by atoms with Crippen molar-refractivity contribution in [3.05, 3.63) is 52.0 Å². The molecule has 22 heavy (non-hydrogen) atoms. The van der Waals surface area contributed by atoms with Gasteiger partial charge in [0, 0.05) is 28.4 Å². The van der Waals surface area contributed by atoms with Gasteiger partial charge in [0.25, 0.3) is 0 Å². The van der Waals surface area contributed by atoms with Crippen LogP contribution >= 0.6 is 23.2 Å². The van der Waals surface area contributed by atoms with Crippen molar-refractivity contribution in [2.75, 3.05) is 0 Å². The number of rotatable bonds is 8. The molecule has 0 amide bonds. The van der Waals surface area contributed by atoms with Crippen molar-refractivity contribution in [3.8, 4) is 0 Å². The van der Waals surface area contributed by atoms with Crippen molar-refractivity contribution in [1.29, 1.82) is 0 Å². The molecule has 3 nitrogen and oxygen atoms in total. The highest BCUT2D eigenvalue weighted by Gasteiger charge is 2.26. The van der Waals surface area contributed by atoms with Crippen molar-refractivity contribution >= 4 is 23.2 Å². The maximum absolute atomic E-state index is 10.8. The van der Waals surface area contributed by atoms with Gasteiger partial charge >= 0.3 is 0 Å². The zero-order valence-electron chi connectivity index (χ0n) is 12.7. The van der Waals surface area contributed by atoms with E-state index in [9.17, 15) is 5.11 Å². The van der Waals surface area contributed by atoms with Crippen LogP contribution in [0.5, 0.6) is 0 Å². The molecule has 1 aromatic carbocycles. The summed E-state index contributed by atoms with van der Waals surface area (Å²) in [5.41, 5.74) is 0.697. The first kappa shape index (κ1) is 17.3. The zero-order valence-corrected chi connectivity index (χ0v) is 14.2. The highest BCUT2D eigenvalue weighted by molar-refractivity contribution is 6.35. The molecular weight excluding hydrogens is 319 g/mol. The lowest BCUT2D eigenvalue weighted by Gasteiger charge is -2.22. The molecule has 0 aliphatic heterocycles. The number of nitrogens with one attached hydrogen (secondary N) is 1. The number of imidazole rings is 1. The standard InChI is InChI=1S/C17H22Cl2N2O/c1-2-3-4-5-6-14(17-20-9-10-21-17)16(22)13-8-7-12(18)11-15(13)19/h7-11,14,16,22H,2-6H2,1H3,(H,20,21). The molecule has 0 bridgehead atoms. The summed E-state index contributed by atoms with van der Waals surface area (Å²) in [6.07, 6.45) is 8.29. The second kappa shape index (κ2) is 8.56. The molecule has 5 heteroatoms. The molecule has 0 fully saturated rings. The smallest absolute Gasteiger partial charge is 0.112 e. The van der Waals surface area contributed by atoms with Gasteiger partial charge < -0.3 is 10.1 Å². The number of hydrogen-bond acceptors (Lipinski definition) is 2. The normalized spacial score (nSPS) is 14.0. The van der Waals surface area contributed by atoms with Crippen LogP contribution in [0.25, 0.3) is 0 Å². The van der Waals surface area contributed by atoms with Gasteiger partial charge in [0.1, 0.15) is 5.82 Å². The Labute approximate surface area is 141 Å². The molecule has 0 radical (unpaired) electrons. The molecule has 2 unspecified atom stereocenters. The molecule has 0 spiro atoms. The molecule has 0 saturated carbocycles. The largest absolute Gasteiger partial charge is 0.388 e. The fourth-order valence-corrected chi connectivity index (χ4v) is 3.19. The van der Waals surface area contributed by atoms with E-state index < -0.39 is 6.10 Å². The van der Waals surface area contributed by atoms with Crippen molar-refractivity contribution in [2.24, 2.45) is 0 Å². The first-order chi connectivity index (χ1) is 10.6. The first-order valence-corrected chi connectivity index (χ1v) is 8.51. The predicted molar refractivity (Wildman–Crippen MR) is 91.5 cm³/mol. The van der Waals surface area contributed by atoms with Crippen molar-refractivity contribution in [2.45, 2.75) is 51.0 Å². The second-order valence-electron chi connectivity index (χ2n) is 5.54. The average molecular weight is 341 g/mol. The summed E-state index contributed by atoms with van der Waals surface area (Å²) in [7, 11) is 0. The molecule has 0 saturated heterocycles. The van der Waals surface area contributed by atoms with Crippen LogP contribution in [0, 0.1) is 0 Å². The van der Waals surface area contributed by atoms with Gasteiger partial charge in [-0.2, -0.15) is 0 Å². The Kier molecular flexibility index (Phi) is 6.74. The van der Waals surface area contributed by atoms with Gasteiger partial charge in [-0.25, -0.2) is 4.98 Å². The minimum absolute atomic E-state index is 0.0921. The summed E-state index contributed by atoms with van der Waals surface area (Å²) in [5, 5.41) is 11.9. The molecule has 0 aliphatic carbocycles. The van der Waals surface area contributed by atoms with Crippen LogP contribution in [0.2, 0.25) is 10.0 Å². The minimum atomic E-state index is -0.697. The number of benzene rings is 1. The third kappa shape index (κ3) is 4.48. The third-order valence-corrected chi connectivity index (χ3v) is 4.46. The number of aromatic amines is 1. The van der Waals surface area contributed by atoms with Gasteiger partial charge in [-0.05, 0) is 24.1 Å². The lowest BCUT2D eigenvalue weighted by Crippen LogP contribution is -2.13.